The lowest BCUT2D eigenvalue weighted by Crippen LogP contribution is -2.41. The first-order valence-electron chi connectivity index (χ1n) is 8.52. The van der Waals surface area contributed by atoms with Gasteiger partial charge in [-0.15, -0.1) is 11.3 Å². The third-order valence-electron chi connectivity index (χ3n) is 5.56. The summed E-state index contributed by atoms with van der Waals surface area (Å²) in [7, 11) is 0. The maximum Gasteiger partial charge on any atom is 0.262 e. The smallest absolute Gasteiger partial charge is 0.262 e. The Kier molecular flexibility index (Phi) is 2.92. The Labute approximate surface area is 144 Å². The summed E-state index contributed by atoms with van der Waals surface area (Å²) in [5, 5.41) is 4.36. The minimum absolute atomic E-state index is 0.0878. The molecule has 5 rings (SSSR count). The average molecular weight is 341 g/mol. The van der Waals surface area contributed by atoms with E-state index < -0.39 is 0 Å². The highest BCUT2D eigenvalue weighted by Gasteiger charge is 2.45. The molecule has 0 bridgehead atoms. The summed E-state index contributed by atoms with van der Waals surface area (Å²) in [6, 6.07) is 2.20. The number of amides is 1. The number of fused-ring (bicyclic) bond motifs is 3. The van der Waals surface area contributed by atoms with E-state index in [0.29, 0.717) is 5.82 Å². The van der Waals surface area contributed by atoms with Crippen molar-refractivity contribution in [1.29, 1.82) is 0 Å². The second kappa shape index (κ2) is 4.92. The molecule has 6 nitrogen and oxygen atoms in total. The predicted molar refractivity (Wildman–Crippen MR) is 93.7 cm³/mol. The lowest BCUT2D eigenvalue weighted by molar-refractivity contribution is 0.0912. The van der Waals surface area contributed by atoms with Crippen molar-refractivity contribution in [3.05, 3.63) is 28.4 Å². The SMILES string of the molecule is Nc1ncnc2c1CCN2c1cc2c(s1)C(=O)NC21CCCCC1. The van der Waals surface area contributed by atoms with Gasteiger partial charge < -0.3 is 16.0 Å². The van der Waals surface area contributed by atoms with Crippen molar-refractivity contribution >= 4 is 33.9 Å². The Hall–Kier alpha value is -2.15. The first-order chi connectivity index (χ1) is 11.7. The fraction of sp³-hybridized carbons (Fsp3) is 0.471. The molecular formula is C17H19N5OS. The molecule has 4 heterocycles. The van der Waals surface area contributed by atoms with E-state index in [0.717, 1.165) is 47.1 Å². The van der Waals surface area contributed by atoms with Crippen LogP contribution < -0.4 is 16.0 Å². The molecule has 1 fully saturated rings. The zero-order valence-electron chi connectivity index (χ0n) is 13.3. The van der Waals surface area contributed by atoms with Crippen molar-refractivity contribution in [2.24, 2.45) is 0 Å². The van der Waals surface area contributed by atoms with Crippen LogP contribution in [-0.4, -0.2) is 22.4 Å². The van der Waals surface area contributed by atoms with E-state index >= 15 is 0 Å². The van der Waals surface area contributed by atoms with Crippen LogP contribution in [0.5, 0.6) is 0 Å². The molecule has 0 atom stereocenters. The Balaban J connectivity index is 1.57. The average Bonchev–Trinajstić information content (AvgIpc) is 3.25. The molecule has 124 valence electrons. The number of nitrogens with zero attached hydrogens (tertiary/aromatic N) is 3. The van der Waals surface area contributed by atoms with Gasteiger partial charge >= 0.3 is 0 Å². The normalized spacial score (nSPS) is 21.0. The number of rotatable bonds is 1. The Morgan fingerprint density at radius 1 is 1.25 bits per heavy atom. The van der Waals surface area contributed by atoms with E-state index in [4.69, 9.17) is 5.73 Å². The molecule has 3 N–H and O–H groups in total. The predicted octanol–water partition coefficient (Wildman–Crippen LogP) is 2.72. The summed E-state index contributed by atoms with van der Waals surface area (Å²) in [5.74, 6) is 1.54. The van der Waals surface area contributed by atoms with Gasteiger partial charge in [-0.3, -0.25) is 4.79 Å². The Morgan fingerprint density at radius 3 is 2.92 bits per heavy atom. The number of carbonyl (C=O) groups is 1. The van der Waals surface area contributed by atoms with Gasteiger partial charge in [-0.05, 0) is 25.3 Å². The standard InChI is InChI=1S/C17H19N5OS/c18-14-10-4-7-22(15(10)20-9-19-14)12-8-11-13(24-12)16(23)21-17(11)5-2-1-3-6-17/h8-9H,1-7H2,(H,21,23)(H2,18,19,20). The maximum atomic E-state index is 12.5. The number of nitrogen functional groups attached to an aromatic ring is 1. The molecular weight excluding hydrogens is 322 g/mol. The number of hydrogen-bond acceptors (Lipinski definition) is 6. The Morgan fingerprint density at radius 2 is 2.08 bits per heavy atom. The molecule has 1 spiro atoms. The largest absolute Gasteiger partial charge is 0.383 e. The van der Waals surface area contributed by atoms with E-state index in [2.05, 4.69) is 26.3 Å². The molecule has 24 heavy (non-hydrogen) atoms. The van der Waals surface area contributed by atoms with Crippen molar-refractivity contribution in [3.63, 3.8) is 0 Å². The highest BCUT2D eigenvalue weighted by molar-refractivity contribution is 7.18. The molecule has 0 aromatic carbocycles. The first-order valence-corrected chi connectivity index (χ1v) is 9.33. The third-order valence-corrected chi connectivity index (χ3v) is 6.72. The monoisotopic (exact) mass is 341 g/mol. The van der Waals surface area contributed by atoms with Crippen LogP contribution in [0.2, 0.25) is 0 Å². The van der Waals surface area contributed by atoms with Gasteiger partial charge in [-0.25, -0.2) is 9.97 Å². The molecule has 2 aromatic rings. The zero-order chi connectivity index (χ0) is 16.3. The van der Waals surface area contributed by atoms with Crippen molar-refractivity contribution in [1.82, 2.24) is 15.3 Å². The number of thiophene rings is 1. The fourth-order valence-electron chi connectivity index (χ4n) is 4.36. The van der Waals surface area contributed by atoms with Gasteiger partial charge in [0.25, 0.3) is 5.91 Å². The highest BCUT2D eigenvalue weighted by Crippen LogP contribution is 2.49. The molecule has 0 saturated heterocycles. The van der Waals surface area contributed by atoms with Gasteiger partial charge in [0.05, 0.1) is 15.4 Å². The first kappa shape index (κ1) is 14.2. The molecule has 1 saturated carbocycles. The van der Waals surface area contributed by atoms with Crippen LogP contribution in [0.25, 0.3) is 0 Å². The van der Waals surface area contributed by atoms with Gasteiger partial charge in [-0.1, -0.05) is 19.3 Å². The minimum atomic E-state index is -0.132. The van der Waals surface area contributed by atoms with Crippen LogP contribution >= 0.6 is 11.3 Å². The number of nitrogens with two attached hydrogens (primary N) is 1. The number of anilines is 3. The summed E-state index contributed by atoms with van der Waals surface area (Å²) >= 11 is 1.58. The third kappa shape index (κ3) is 1.84. The second-order valence-electron chi connectivity index (χ2n) is 6.89. The number of hydrogen-bond donors (Lipinski definition) is 2. The number of carbonyl (C=O) groups excluding carboxylic acids is 1. The van der Waals surface area contributed by atoms with Crippen molar-refractivity contribution in [3.8, 4) is 0 Å². The van der Waals surface area contributed by atoms with E-state index in [1.807, 2.05) is 0 Å². The zero-order valence-corrected chi connectivity index (χ0v) is 14.2. The van der Waals surface area contributed by atoms with Crippen molar-refractivity contribution in [2.45, 2.75) is 44.1 Å². The molecule has 2 aromatic heterocycles. The lowest BCUT2D eigenvalue weighted by Gasteiger charge is -2.34. The number of aromatic nitrogens is 2. The van der Waals surface area contributed by atoms with Gasteiger partial charge in [0.2, 0.25) is 0 Å². The van der Waals surface area contributed by atoms with Crippen LogP contribution in [0.15, 0.2) is 12.4 Å². The second-order valence-corrected chi connectivity index (χ2v) is 7.92. The fourth-order valence-corrected chi connectivity index (χ4v) is 5.54. The quantitative estimate of drug-likeness (QED) is 0.833. The molecule has 2 aliphatic heterocycles. The Bertz CT molecular complexity index is 840. The van der Waals surface area contributed by atoms with Crippen LogP contribution in [0.3, 0.4) is 0 Å². The van der Waals surface area contributed by atoms with Gasteiger partial charge in [0.15, 0.2) is 0 Å². The van der Waals surface area contributed by atoms with E-state index in [9.17, 15) is 4.79 Å². The highest BCUT2D eigenvalue weighted by atomic mass is 32.1. The number of nitrogens with one attached hydrogen (secondary N) is 1. The molecule has 1 aliphatic carbocycles. The van der Waals surface area contributed by atoms with E-state index in [-0.39, 0.29) is 11.4 Å². The van der Waals surface area contributed by atoms with Gasteiger partial charge in [-0.2, -0.15) is 0 Å². The van der Waals surface area contributed by atoms with E-state index in [1.54, 1.807) is 11.3 Å². The summed E-state index contributed by atoms with van der Waals surface area (Å²) in [5.41, 5.74) is 8.06. The molecule has 1 amide bonds. The molecule has 0 radical (unpaired) electrons. The summed E-state index contributed by atoms with van der Waals surface area (Å²) in [6.45, 7) is 0.840. The summed E-state index contributed by atoms with van der Waals surface area (Å²) in [4.78, 5) is 24.1. The summed E-state index contributed by atoms with van der Waals surface area (Å²) in [6.07, 6.45) is 8.09. The van der Waals surface area contributed by atoms with Gasteiger partial charge in [0.1, 0.15) is 18.0 Å². The van der Waals surface area contributed by atoms with Crippen LogP contribution in [0.4, 0.5) is 16.6 Å². The minimum Gasteiger partial charge on any atom is -0.383 e. The molecule has 0 unspecified atom stereocenters. The summed E-state index contributed by atoms with van der Waals surface area (Å²) < 4.78 is 0. The lowest BCUT2D eigenvalue weighted by atomic mass is 9.78. The van der Waals surface area contributed by atoms with Gasteiger partial charge in [0, 0.05) is 17.7 Å². The van der Waals surface area contributed by atoms with Crippen LogP contribution in [0, 0.1) is 0 Å². The van der Waals surface area contributed by atoms with Crippen molar-refractivity contribution in [2.75, 3.05) is 17.2 Å². The van der Waals surface area contributed by atoms with Crippen molar-refractivity contribution < 1.29 is 4.79 Å². The molecule has 7 heteroatoms. The maximum absolute atomic E-state index is 12.5. The van der Waals surface area contributed by atoms with Crippen LogP contribution in [0.1, 0.15) is 52.9 Å². The van der Waals surface area contributed by atoms with Crippen LogP contribution in [-0.2, 0) is 12.0 Å². The molecule has 3 aliphatic rings. The topological polar surface area (TPSA) is 84.1 Å². The van der Waals surface area contributed by atoms with E-state index in [1.165, 1.54) is 31.2 Å².